The summed E-state index contributed by atoms with van der Waals surface area (Å²) in [5, 5.41) is 10.8. The van der Waals surface area contributed by atoms with Crippen molar-refractivity contribution in [3.63, 3.8) is 0 Å². The van der Waals surface area contributed by atoms with Crippen LogP contribution in [0.4, 0.5) is 36.4 Å². The van der Waals surface area contributed by atoms with Crippen LogP contribution in [0.5, 0.6) is 23.0 Å². The number of pyridine rings is 1. The maximum absolute atomic E-state index is 13.9. The number of alkyl halides is 3. The normalized spacial score (nSPS) is 10.7. The second-order valence-electron chi connectivity index (χ2n) is 7.37. The first-order chi connectivity index (χ1) is 18.3. The fraction of sp³-hybridized carbons (Fsp3) is 0.0400. The van der Waals surface area contributed by atoms with Crippen molar-refractivity contribution in [3.05, 3.63) is 112 Å². The van der Waals surface area contributed by atoms with Crippen molar-refractivity contribution in [1.82, 2.24) is 4.98 Å². The van der Waals surface area contributed by atoms with E-state index < -0.39 is 63.9 Å². The molecule has 0 atom stereocenters. The van der Waals surface area contributed by atoms with Crippen LogP contribution in [0.25, 0.3) is 0 Å². The van der Waals surface area contributed by atoms with Gasteiger partial charge in [-0.2, -0.15) is 0 Å². The van der Waals surface area contributed by atoms with Crippen LogP contribution in [0.1, 0.15) is 10.4 Å². The number of hydrogen-bond donors (Lipinski definition) is 3. The van der Waals surface area contributed by atoms with Gasteiger partial charge in [-0.05, 0) is 48.5 Å². The first-order valence-electron chi connectivity index (χ1n) is 10.5. The molecule has 1 heterocycles. The minimum Gasteiger partial charge on any atom is -0.505 e. The molecule has 0 spiro atoms. The lowest BCUT2D eigenvalue weighted by Crippen LogP contribution is -2.19. The molecule has 0 fully saturated rings. The molecule has 204 valence electrons. The Hall–Kier alpha value is -5.01. The predicted molar refractivity (Wildman–Crippen MR) is 123 cm³/mol. The number of benzene rings is 3. The molecule has 0 aliphatic heterocycles. The Balaban J connectivity index is 0.000000395. The fourth-order valence-corrected chi connectivity index (χ4v) is 2.85. The topological polar surface area (TPSA) is 101 Å². The summed E-state index contributed by atoms with van der Waals surface area (Å²) in [7, 11) is 0. The second-order valence-corrected chi connectivity index (χ2v) is 7.37. The predicted octanol–water partition coefficient (Wildman–Crippen LogP) is 6.27. The summed E-state index contributed by atoms with van der Waals surface area (Å²) >= 11 is 0. The molecule has 4 rings (SSSR count). The number of aromatic nitrogens is 1. The fourth-order valence-electron chi connectivity index (χ4n) is 2.85. The van der Waals surface area contributed by atoms with E-state index in [-0.39, 0.29) is 11.4 Å². The maximum Gasteiger partial charge on any atom is 0.573 e. The molecule has 3 N–H and O–H groups in total. The summed E-state index contributed by atoms with van der Waals surface area (Å²) in [6.45, 7) is 0. The standard InChI is InChI=1S/C19H11F5N2O4.C6H4F2O/c20-10-1-3-16(14(21)7-10)29-15-4-2-12(30-19(22,23)24)9-13(15)18(28)26-11-5-6-25-17(27)8-11;7-4-1-2-6(9)5(8)3-4/h1-9H,(H2,25,26,27,28);1-3,9H. The number of rotatable bonds is 5. The van der Waals surface area contributed by atoms with E-state index in [2.05, 4.69) is 15.0 Å². The largest absolute Gasteiger partial charge is 0.573 e. The molecule has 0 bridgehead atoms. The summed E-state index contributed by atoms with van der Waals surface area (Å²) in [6, 6.07) is 9.85. The molecule has 0 radical (unpaired) electrons. The molecule has 4 aromatic rings. The number of anilines is 1. The van der Waals surface area contributed by atoms with Gasteiger partial charge in [0.15, 0.2) is 23.1 Å². The number of hydrogen-bond acceptors (Lipinski definition) is 5. The smallest absolute Gasteiger partial charge is 0.505 e. The first kappa shape index (κ1) is 28.6. The average Bonchev–Trinajstić information content (AvgIpc) is 2.83. The number of carbonyl (C=O) groups excluding carboxylic acids is 1. The molecular formula is C25H15F7N2O5. The average molecular weight is 556 g/mol. The molecule has 0 unspecified atom stereocenters. The highest BCUT2D eigenvalue weighted by Crippen LogP contribution is 2.33. The number of amides is 1. The van der Waals surface area contributed by atoms with Crippen LogP contribution < -0.4 is 20.3 Å². The summed E-state index contributed by atoms with van der Waals surface area (Å²) in [5.41, 5.74) is -0.947. The third-order valence-electron chi connectivity index (χ3n) is 4.49. The number of halogens is 7. The van der Waals surface area contributed by atoms with E-state index >= 15 is 0 Å². The van der Waals surface area contributed by atoms with Gasteiger partial charge < -0.3 is 24.9 Å². The van der Waals surface area contributed by atoms with Gasteiger partial charge in [-0.15, -0.1) is 13.2 Å². The number of phenols is 1. The molecule has 0 saturated carbocycles. The van der Waals surface area contributed by atoms with Crippen LogP contribution in [0.3, 0.4) is 0 Å². The SMILES string of the molecule is O=C(Nc1cc[nH]c(=O)c1)c1cc(OC(F)(F)F)ccc1Oc1ccc(F)cc1F.Oc1ccc(F)cc1F. The van der Waals surface area contributed by atoms with Crippen LogP contribution in [0.2, 0.25) is 0 Å². The van der Waals surface area contributed by atoms with E-state index in [0.717, 1.165) is 48.5 Å². The van der Waals surface area contributed by atoms with Crippen LogP contribution in [0.15, 0.2) is 77.7 Å². The highest BCUT2D eigenvalue weighted by molar-refractivity contribution is 6.06. The van der Waals surface area contributed by atoms with Crippen LogP contribution >= 0.6 is 0 Å². The van der Waals surface area contributed by atoms with E-state index in [9.17, 15) is 40.3 Å². The van der Waals surface area contributed by atoms with Crippen molar-refractivity contribution < 1.29 is 50.1 Å². The third kappa shape index (κ3) is 8.52. The number of nitrogens with one attached hydrogen (secondary N) is 2. The Kier molecular flexibility index (Phi) is 8.80. The summed E-state index contributed by atoms with van der Waals surface area (Å²) in [4.78, 5) is 26.3. The minimum atomic E-state index is -5.02. The Morgan fingerprint density at radius 2 is 1.46 bits per heavy atom. The minimum absolute atomic E-state index is 0.0461. The lowest BCUT2D eigenvalue weighted by Gasteiger charge is -2.15. The molecule has 3 aromatic carbocycles. The van der Waals surface area contributed by atoms with E-state index in [1.807, 2.05) is 0 Å². The Morgan fingerprint density at radius 1 is 0.821 bits per heavy atom. The molecule has 0 aliphatic rings. The van der Waals surface area contributed by atoms with E-state index in [0.29, 0.717) is 12.1 Å². The van der Waals surface area contributed by atoms with Crippen molar-refractivity contribution in [2.24, 2.45) is 0 Å². The molecule has 0 aliphatic carbocycles. The van der Waals surface area contributed by atoms with Gasteiger partial charge in [0.25, 0.3) is 5.91 Å². The summed E-state index contributed by atoms with van der Waals surface area (Å²) in [5.74, 6) is -6.62. The Labute approximate surface area is 214 Å². The molecule has 14 heteroatoms. The lowest BCUT2D eigenvalue weighted by atomic mass is 10.1. The van der Waals surface area contributed by atoms with Gasteiger partial charge in [0.05, 0.1) is 5.56 Å². The van der Waals surface area contributed by atoms with Crippen molar-refractivity contribution >= 4 is 11.6 Å². The van der Waals surface area contributed by atoms with Crippen molar-refractivity contribution in [2.75, 3.05) is 5.32 Å². The van der Waals surface area contributed by atoms with Gasteiger partial charge in [0, 0.05) is 30.1 Å². The molecule has 1 amide bonds. The van der Waals surface area contributed by atoms with Gasteiger partial charge in [0.1, 0.15) is 23.1 Å². The quantitative estimate of drug-likeness (QED) is 0.252. The van der Waals surface area contributed by atoms with Gasteiger partial charge in [-0.3, -0.25) is 9.59 Å². The molecule has 1 aromatic heterocycles. The molecular weight excluding hydrogens is 541 g/mol. The summed E-state index contributed by atoms with van der Waals surface area (Å²) < 4.78 is 97.7. The van der Waals surface area contributed by atoms with E-state index in [1.165, 1.54) is 12.3 Å². The number of H-pyrrole nitrogens is 1. The van der Waals surface area contributed by atoms with Crippen LogP contribution in [0, 0.1) is 23.3 Å². The van der Waals surface area contributed by atoms with Gasteiger partial charge >= 0.3 is 6.36 Å². The van der Waals surface area contributed by atoms with Gasteiger partial charge in [0.2, 0.25) is 5.56 Å². The van der Waals surface area contributed by atoms with Crippen LogP contribution in [-0.4, -0.2) is 22.4 Å². The number of aromatic amines is 1. The highest BCUT2D eigenvalue weighted by atomic mass is 19.4. The molecule has 7 nitrogen and oxygen atoms in total. The number of phenolic OH excluding ortho intramolecular Hbond substituents is 1. The Bertz CT molecular complexity index is 1540. The van der Waals surface area contributed by atoms with Crippen molar-refractivity contribution in [1.29, 1.82) is 0 Å². The Morgan fingerprint density at radius 3 is 2.05 bits per heavy atom. The first-order valence-corrected chi connectivity index (χ1v) is 10.5. The van der Waals surface area contributed by atoms with E-state index in [4.69, 9.17) is 9.84 Å². The molecule has 39 heavy (non-hydrogen) atoms. The zero-order chi connectivity index (χ0) is 28.7. The highest BCUT2D eigenvalue weighted by Gasteiger charge is 2.32. The van der Waals surface area contributed by atoms with Crippen molar-refractivity contribution in [2.45, 2.75) is 6.36 Å². The van der Waals surface area contributed by atoms with Gasteiger partial charge in [-0.25, -0.2) is 17.6 Å². The number of ether oxygens (including phenoxy) is 2. The monoisotopic (exact) mass is 556 g/mol. The summed E-state index contributed by atoms with van der Waals surface area (Å²) in [6.07, 6.45) is -3.78. The third-order valence-corrected chi connectivity index (χ3v) is 4.49. The maximum atomic E-state index is 13.9. The zero-order valence-electron chi connectivity index (χ0n) is 19.2. The molecule has 0 saturated heterocycles. The van der Waals surface area contributed by atoms with Crippen LogP contribution in [-0.2, 0) is 0 Å². The van der Waals surface area contributed by atoms with Crippen molar-refractivity contribution in [3.8, 4) is 23.0 Å². The number of aromatic hydroxyl groups is 1. The zero-order valence-corrected chi connectivity index (χ0v) is 19.2. The second kappa shape index (κ2) is 12.0. The van der Waals surface area contributed by atoms with Gasteiger partial charge in [-0.1, -0.05) is 0 Å². The lowest BCUT2D eigenvalue weighted by molar-refractivity contribution is -0.274. The number of carbonyl (C=O) groups is 1. The van der Waals surface area contributed by atoms with E-state index in [1.54, 1.807) is 0 Å².